The summed E-state index contributed by atoms with van der Waals surface area (Å²) in [4.78, 5) is 34.6. The highest BCUT2D eigenvalue weighted by atomic mass is 16.4. The molecule has 1 aromatic carbocycles. The highest BCUT2D eigenvalue weighted by molar-refractivity contribution is 6.04. The summed E-state index contributed by atoms with van der Waals surface area (Å²) in [5.41, 5.74) is 0.705. The fraction of sp³-hybridized carbons (Fsp3) is 0.182. The number of carbonyl (C=O) groups excluding carboxylic acids is 2. The van der Waals surface area contributed by atoms with Crippen molar-refractivity contribution in [3.63, 3.8) is 0 Å². The first-order valence-corrected chi connectivity index (χ1v) is 4.92. The average Bonchev–Trinajstić information content (AvgIpc) is 2.57. The van der Waals surface area contributed by atoms with Crippen LogP contribution in [-0.2, 0) is 4.79 Å². The van der Waals surface area contributed by atoms with Crippen LogP contribution in [0.4, 0.5) is 4.79 Å². The van der Waals surface area contributed by atoms with Crippen molar-refractivity contribution in [2.24, 2.45) is 0 Å². The van der Waals surface area contributed by atoms with Gasteiger partial charge in [-0.1, -0.05) is 12.1 Å². The van der Waals surface area contributed by atoms with Gasteiger partial charge in [-0.05, 0) is 17.7 Å². The normalized spacial score (nSPS) is 19.4. The summed E-state index contributed by atoms with van der Waals surface area (Å²) in [6.45, 7) is 0. The Morgan fingerprint density at radius 1 is 1.29 bits per heavy atom. The zero-order valence-electron chi connectivity index (χ0n) is 9.01. The van der Waals surface area contributed by atoms with Crippen molar-refractivity contribution in [1.29, 1.82) is 0 Å². The summed E-state index contributed by atoms with van der Waals surface area (Å²) in [5, 5.41) is 11.2. The Morgan fingerprint density at radius 3 is 2.29 bits per heavy atom. The minimum Gasteiger partial charge on any atom is -0.478 e. The van der Waals surface area contributed by atoms with Gasteiger partial charge in [-0.15, -0.1) is 0 Å². The number of rotatable bonds is 2. The zero-order chi connectivity index (χ0) is 12.6. The second-order valence-electron chi connectivity index (χ2n) is 3.71. The van der Waals surface area contributed by atoms with E-state index in [1.807, 2.05) is 0 Å². The second-order valence-corrected chi connectivity index (χ2v) is 3.71. The Balaban J connectivity index is 2.27. The Hall–Kier alpha value is -2.37. The Kier molecular flexibility index (Phi) is 2.55. The summed E-state index contributed by atoms with van der Waals surface area (Å²) >= 11 is 0. The number of hydrogen-bond acceptors (Lipinski definition) is 3. The molecule has 1 heterocycles. The van der Waals surface area contributed by atoms with E-state index < -0.39 is 18.0 Å². The van der Waals surface area contributed by atoms with Crippen molar-refractivity contribution in [3.8, 4) is 0 Å². The average molecular weight is 234 g/mol. The predicted molar refractivity (Wildman–Crippen MR) is 57.4 cm³/mol. The molecule has 1 aromatic rings. The number of nitrogens with one attached hydrogen (secondary N) is 1. The molecule has 1 unspecified atom stereocenters. The number of likely N-dealkylation sites (N-methyl/N-ethyl adjacent to an activating group) is 1. The van der Waals surface area contributed by atoms with Crippen molar-refractivity contribution in [1.82, 2.24) is 10.2 Å². The van der Waals surface area contributed by atoms with Gasteiger partial charge in [0.25, 0.3) is 5.91 Å². The van der Waals surface area contributed by atoms with E-state index in [-0.39, 0.29) is 11.5 Å². The van der Waals surface area contributed by atoms with Crippen molar-refractivity contribution >= 4 is 17.9 Å². The van der Waals surface area contributed by atoms with Crippen molar-refractivity contribution < 1.29 is 19.5 Å². The molecule has 2 rings (SSSR count). The first-order valence-electron chi connectivity index (χ1n) is 4.92. The van der Waals surface area contributed by atoms with Crippen LogP contribution in [-0.4, -0.2) is 35.0 Å². The standard InChI is InChI=1S/C11H10N2O4/c1-13-9(14)8(12-11(13)17)6-2-4-7(5-3-6)10(15)16/h2-5,8H,1H3,(H,12,17)(H,15,16). The molecule has 0 radical (unpaired) electrons. The van der Waals surface area contributed by atoms with Crippen LogP contribution in [0, 0.1) is 0 Å². The molecule has 6 heteroatoms. The van der Waals surface area contributed by atoms with Gasteiger partial charge < -0.3 is 10.4 Å². The molecule has 0 spiro atoms. The number of amides is 3. The van der Waals surface area contributed by atoms with Gasteiger partial charge in [0.1, 0.15) is 6.04 Å². The third-order valence-electron chi connectivity index (χ3n) is 2.64. The van der Waals surface area contributed by atoms with Gasteiger partial charge in [0.2, 0.25) is 0 Å². The molecule has 0 saturated carbocycles. The number of hydrogen-bond donors (Lipinski definition) is 2. The molecule has 6 nitrogen and oxygen atoms in total. The number of urea groups is 1. The maximum Gasteiger partial charge on any atom is 0.335 e. The van der Waals surface area contributed by atoms with Crippen LogP contribution >= 0.6 is 0 Å². The smallest absolute Gasteiger partial charge is 0.335 e. The van der Waals surface area contributed by atoms with E-state index >= 15 is 0 Å². The van der Waals surface area contributed by atoms with E-state index in [1.54, 1.807) is 0 Å². The molecule has 17 heavy (non-hydrogen) atoms. The number of carbonyl (C=O) groups is 3. The van der Waals surface area contributed by atoms with Crippen LogP contribution in [0.2, 0.25) is 0 Å². The van der Waals surface area contributed by atoms with E-state index in [0.29, 0.717) is 5.56 Å². The number of aromatic carboxylic acids is 1. The number of carboxylic acid groups (broad SMARTS) is 1. The number of carboxylic acids is 1. The van der Waals surface area contributed by atoms with E-state index in [9.17, 15) is 14.4 Å². The molecule has 1 fully saturated rings. The van der Waals surface area contributed by atoms with Crippen LogP contribution in [0.5, 0.6) is 0 Å². The summed E-state index contributed by atoms with van der Waals surface area (Å²) in [6, 6.07) is 4.65. The van der Waals surface area contributed by atoms with Crippen molar-refractivity contribution in [3.05, 3.63) is 35.4 Å². The van der Waals surface area contributed by atoms with E-state index in [4.69, 9.17) is 5.11 Å². The molecule has 1 aliphatic heterocycles. The van der Waals surface area contributed by atoms with Crippen molar-refractivity contribution in [2.75, 3.05) is 7.05 Å². The quantitative estimate of drug-likeness (QED) is 0.734. The van der Waals surface area contributed by atoms with E-state index in [0.717, 1.165) is 4.90 Å². The Morgan fingerprint density at radius 2 is 1.88 bits per heavy atom. The van der Waals surface area contributed by atoms with Crippen LogP contribution < -0.4 is 5.32 Å². The molecule has 1 atom stereocenters. The molecular formula is C11H10N2O4. The first kappa shape index (κ1) is 11.1. The van der Waals surface area contributed by atoms with Gasteiger partial charge in [-0.2, -0.15) is 0 Å². The van der Waals surface area contributed by atoms with Gasteiger partial charge in [-0.3, -0.25) is 9.69 Å². The van der Waals surface area contributed by atoms with Gasteiger partial charge in [-0.25, -0.2) is 9.59 Å². The highest BCUT2D eigenvalue weighted by Gasteiger charge is 2.36. The molecule has 1 aliphatic rings. The third-order valence-corrected chi connectivity index (χ3v) is 2.64. The molecule has 0 bridgehead atoms. The van der Waals surface area contributed by atoms with Crippen LogP contribution in [0.1, 0.15) is 22.0 Å². The third kappa shape index (κ3) is 1.84. The fourth-order valence-corrected chi connectivity index (χ4v) is 1.62. The largest absolute Gasteiger partial charge is 0.478 e. The summed E-state index contributed by atoms with van der Waals surface area (Å²) in [6.07, 6.45) is 0. The zero-order valence-corrected chi connectivity index (χ0v) is 9.01. The first-order chi connectivity index (χ1) is 8.00. The summed E-state index contributed by atoms with van der Waals surface area (Å²) < 4.78 is 0. The predicted octanol–water partition coefficient (Wildman–Crippen LogP) is 0.608. The summed E-state index contributed by atoms with van der Waals surface area (Å²) in [7, 11) is 1.39. The molecule has 2 N–H and O–H groups in total. The lowest BCUT2D eigenvalue weighted by Crippen LogP contribution is -2.25. The lowest BCUT2D eigenvalue weighted by atomic mass is 10.1. The van der Waals surface area contributed by atoms with Crippen LogP contribution in [0.3, 0.4) is 0 Å². The maximum atomic E-state index is 11.7. The number of nitrogens with zero attached hydrogens (tertiary/aromatic N) is 1. The van der Waals surface area contributed by atoms with Crippen molar-refractivity contribution in [2.45, 2.75) is 6.04 Å². The highest BCUT2D eigenvalue weighted by Crippen LogP contribution is 2.21. The lowest BCUT2D eigenvalue weighted by Gasteiger charge is -2.08. The SMILES string of the molecule is CN1C(=O)NC(c2ccc(C(=O)O)cc2)C1=O. The van der Waals surface area contributed by atoms with Gasteiger partial charge in [0.15, 0.2) is 0 Å². The Bertz CT molecular complexity index is 495. The van der Waals surface area contributed by atoms with Gasteiger partial charge >= 0.3 is 12.0 Å². The summed E-state index contributed by atoms with van der Waals surface area (Å²) in [5.74, 6) is -1.38. The van der Waals surface area contributed by atoms with E-state index in [2.05, 4.69) is 5.32 Å². The Labute approximate surface area is 96.8 Å². The second kappa shape index (κ2) is 3.89. The van der Waals surface area contributed by atoms with Crippen LogP contribution in [0.15, 0.2) is 24.3 Å². The van der Waals surface area contributed by atoms with Gasteiger partial charge in [0.05, 0.1) is 5.56 Å². The fourth-order valence-electron chi connectivity index (χ4n) is 1.62. The molecule has 3 amide bonds. The lowest BCUT2D eigenvalue weighted by molar-refractivity contribution is -0.126. The minimum atomic E-state index is -1.03. The minimum absolute atomic E-state index is 0.138. The van der Waals surface area contributed by atoms with E-state index in [1.165, 1.54) is 31.3 Å². The number of benzene rings is 1. The van der Waals surface area contributed by atoms with Crippen LogP contribution in [0.25, 0.3) is 0 Å². The molecule has 88 valence electrons. The van der Waals surface area contributed by atoms with Gasteiger partial charge in [0, 0.05) is 7.05 Å². The molecule has 0 aromatic heterocycles. The topological polar surface area (TPSA) is 86.7 Å². The molecular weight excluding hydrogens is 224 g/mol. The molecule has 1 saturated heterocycles. The monoisotopic (exact) mass is 234 g/mol. The number of imide groups is 1. The maximum absolute atomic E-state index is 11.7. The molecule has 0 aliphatic carbocycles.